The van der Waals surface area contributed by atoms with Gasteiger partial charge in [-0.3, -0.25) is 0 Å². The van der Waals surface area contributed by atoms with E-state index in [0.717, 1.165) is 5.82 Å². The van der Waals surface area contributed by atoms with Gasteiger partial charge in [-0.2, -0.15) is 11.8 Å². The van der Waals surface area contributed by atoms with Gasteiger partial charge in [0.15, 0.2) is 0 Å². The van der Waals surface area contributed by atoms with E-state index in [1.807, 2.05) is 11.8 Å². The van der Waals surface area contributed by atoms with Gasteiger partial charge in [-0.05, 0) is 25.2 Å². The van der Waals surface area contributed by atoms with Crippen molar-refractivity contribution in [2.24, 2.45) is 0 Å². The van der Waals surface area contributed by atoms with Crippen LogP contribution in [0.4, 0.5) is 5.82 Å². The van der Waals surface area contributed by atoms with Crippen LogP contribution in [-0.2, 0) is 0 Å². The molecule has 1 aliphatic carbocycles. The first kappa shape index (κ1) is 12.3. The number of nitrogens with one attached hydrogen (secondary N) is 1. The molecule has 0 spiro atoms. The van der Waals surface area contributed by atoms with Crippen LogP contribution in [0.3, 0.4) is 0 Å². The quantitative estimate of drug-likeness (QED) is 0.901. The van der Waals surface area contributed by atoms with Gasteiger partial charge in [0.2, 0.25) is 0 Å². The lowest BCUT2D eigenvalue weighted by atomic mass is 10.2. The maximum absolute atomic E-state index is 6.08. The van der Waals surface area contributed by atoms with Crippen LogP contribution in [0.25, 0.3) is 0 Å². The molecule has 2 nitrogen and oxygen atoms in total. The maximum atomic E-state index is 6.08. The van der Waals surface area contributed by atoms with E-state index in [2.05, 4.69) is 16.6 Å². The van der Waals surface area contributed by atoms with Gasteiger partial charge in [-0.15, -0.1) is 0 Å². The fraction of sp³-hybridized carbons (Fsp3) is 0.545. The number of anilines is 1. The van der Waals surface area contributed by atoms with Crippen LogP contribution in [0.15, 0.2) is 12.3 Å². The minimum Gasteiger partial charge on any atom is -0.365 e. The molecule has 88 valence electrons. The monoisotopic (exact) mass is 276 g/mol. The molecule has 1 N–H and O–H groups in total. The summed E-state index contributed by atoms with van der Waals surface area (Å²) in [6.45, 7) is 0. The number of rotatable bonds is 3. The molecule has 2 atom stereocenters. The van der Waals surface area contributed by atoms with Gasteiger partial charge in [0, 0.05) is 17.5 Å². The van der Waals surface area contributed by atoms with Crippen molar-refractivity contribution in [1.29, 1.82) is 0 Å². The van der Waals surface area contributed by atoms with E-state index >= 15 is 0 Å². The average Bonchev–Trinajstić information content (AvgIpc) is 2.69. The van der Waals surface area contributed by atoms with Gasteiger partial charge in [-0.1, -0.05) is 29.6 Å². The second kappa shape index (κ2) is 5.48. The molecule has 16 heavy (non-hydrogen) atoms. The first-order valence-electron chi connectivity index (χ1n) is 5.31. The lowest BCUT2D eigenvalue weighted by molar-refractivity contribution is 0.763. The molecule has 1 aliphatic rings. The summed E-state index contributed by atoms with van der Waals surface area (Å²) >= 11 is 13.8. The zero-order valence-electron chi connectivity index (χ0n) is 9.04. The Bertz CT molecular complexity index is 373. The van der Waals surface area contributed by atoms with E-state index in [4.69, 9.17) is 23.2 Å². The summed E-state index contributed by atoms with van der Waals surface area (Å²) in [6.07, 6.45) is 7.50. The third-order valence-electron chi connectivity index (χ3n) is 2.89. The molecular formula is C11H14Cl2N2S. The first-order valence-corrected chi connectivity index (χ1v) is 7.35. The Morgan fingerprint density at radius 3 is 2.94 bits per heavy atom. The number of aromatic nitrogens is 1. The van der Waals surface area contributed by atoms with Gasteiger partial charge in [0.1, 0.15) is 5.82 Å². The Morgan fingerprint density at radius 2 is 2.25 bits per heavy atom. The van der Waals surface area contributed by atoms with Gasteiger partial charge in [0.25, 0.3) is 0 Å². The zero-order valence-corrected chi connectivity index (χ0v) is 11.4. The molecule has 0 amide bonds. The smallest absolute Gasteiger partial charge is 0.145 e. The summed E-state index contributed by atoms with van der Waals surface area (Å²) in [5, 5.41) is 5.24. The van der Waals surface area contributed by atoms with Gasteiger partial charge < -0.3 is 5.32 Å². The standard InChI is InChI=1S/C11H14Cl2N2S/c1-16-10-4-2-3-9(10)15-11-8(13)5-7(12)6-14-11/h5-6,9-10H,2-4H2,1H3,(H,14,15). The summed E-state index contributed by atoms with van der Waals surface area (Å²) in [5.41, 5.74) is 0. The highest BCUT2D eigenvalue weighted by Crippen LogP contribution is 2.32. The van der Waals surface area contributed by atoms with Crippen LogP contribution >= 0.6 is 35.0 Å². The van der Waals surface area contributed by atoms with E-state index in [1.54, 1.807) is 12.3 Å². The van der Waals surface area contributed by atoms with E-state index in [1.165, 1.54) is 19.3 Å². The van der Waals surface area contributed by atoms with Crippen molar-refractivity contribution < 1.29 is 0 Å². The predicted octanol–water partition coefficient (Wildman–Crippen LogP) is 4.08. The largest absolute Gasteiger partial charge is 0.365 e. The lowest BCUT2D eigenvalue weighted by Crippen LogP contribution is -2.26. The second-order valence-electron chi connectivity index (χ2n) is 3.94. The average molecular weight is 277 g/mol. The lowest BCUT2D eigenvalue weighted by Gasteiger charge is -2.20. The molecule has 1 saturated carbocycles. The van der Waals surface area contributed by atoms with Crippen LogP contribution < -0.4 is 5.32 Å². The number of hydrogen-bond acceptors (Lipinski definition) is 3. The summed E-state index contributed by atoms with van der Waals surface area (Å²) in [6, 6.07) is 2.20. The molecule has 2 unspecified atom stereocenters. The molecular weight excluding hydrogens is 263 g/mol. The van der Waals surface area contributed by atoms with Crippen molar-refractivity contribution in [3.63, 3.8) is 0 Å². The number of hydrogen-bond donors (Lipinski definition) is 1. The number of nitrogens with zero attached hydrogens (tertiary/aromatic N) is 1. The maximum Gasteiger partial charge on any atom is 0.145 e. The van der Waals surface area contributed by atoms with Gasteiger partial charge in [0.05, 0.1) is 10.0 Å². The number of pyridine rings is 1. The Kier molecular flexibility index (Phi) is 4.22. The van der Waals surface area contributed by atoms with Crippen molar-refractivity contribution >= 4 is 40.8 Å². The fourth-order valence-corrected chi connectivity index (χ4v) is 3.44. The van der Waals surface area contributed by atoms with E-state index in [-0.39, 0.29) is 0 Å². The van der Waals surface area contributed by atoms with Crippen LogP contribution in [0, 0.1) is 0 Å². The van der Waals surface area contributed by atoms with Crippen molar-refractivity contribution in [2.45, 2.75) is 30.6 Å². The molecule has 0 saturated heterocycles. The summed E-state index contributed by atoms with van der Waals surface area (Å²) in [5.74, 6) is 0.747. The molecule has 5 heteroatoms. The Morgan fingerprint density at radius 1 is 1.44 bits per heavy atom. The summed E-state index contributed by atoms with van der Waals surface area (Å²) in [4.78, 5) is 4.23. The zero-order chi connectivity index (χ0) is 11.5. The van der Waals surface area contributed by atoms with Gasteiger partial charge in [-0.25, -0.2) is 4.98 Å². The molecule has 2 rings (SSSR count). The molecule has 1 heterocycles. The number of halogens is 2. The third-order valence-corrected chi connectivity index (χ3v) is 4.55. The third kappa shape index (κ3) is 2.76. The van der Waals surface area contributed by atoms with Crippen molar-refractivity contribution in [2.75, 3.05) is 11.6 Å². The van der Waals surface area contributed by atoms with Crippen molar-refractivity contribution in [3.05, 3.63) is 22.3 Å². The van der Waals surface area contributed by atoms with Crippen molar-refractivity contribution in [1.82, 2.24) is 4.98 Å². The molecule has 1 aromatic heterocycles. The Balaban J connectivity index is 2.08. The van der Waals surface area contributed by atoms with E-state index in [9.17, 15) is 0 Å². The SMILES string of the molecule is CSC1CCCC1Nc1ncc(Cl)cc1Cl. The number of thioether (sulfide) groups is 1. The minimum atomic E-state index is 0.473. The topological polar surface area (TPSA) is 24.9 Å². The van der Waals surface area contributed by atoms with Crippen LogP contribution in [0.1, 0.15) is 19.3 Å². The molecule has 0 aliphatic heterocycles. The highest BCUT2D eigenvalue weighted by molar-refractivity contribution is 7.99. The normalized spacial score (nSPS) is 24.7. The van der Waals surface area contributed by atoms with Crippen LogP contribution in [-0.4, -0.2) is 22.5 Å². The summed E-state index contributed by atoms with van der Waals surface area (Å²) in [7, 11) is 0. The van der Waals surface area contributed by atoms with Crippen LogP contribution in [0.2, 0.25) is 10.0 Å². The van der Waals surface area contributed by atoms with Crippen molar-refractivity contribution in [3.8, 4) is 0 Å². The van der Waals surface area contributed by atoms with Crippen LogP contribution in [0.5, 0.6) is 0 Å². The molecule has 0 radical (unpaired) electrons. The Labute approximate surface area is 110 Å². The fourth-order valence-electron chi connectivity index (χ4n) is 2.07. The first-order chi connectivity index (χ1) is 7.70. The molecule has 1 fully saturated rings. The highest BCUT2D eigenvalue weighted by Gasteiger charge is 2.26. The molecule has 1 aromatic rings. The molecule has 0 aromatic carbocycles. The molecule has 0 bridgehead atoms. The minimum absolute atomic E-state index is 0.473. The predicted molar refractivity (Wildman–Crippen MR) is 72.8 cm³/mol. The van der Waals surface area contributed by atoms with E-state index in [0.29, 0.717) is 21.3 Å². The van der Waals surface area contributed by atoms with Gasteiger partial charge >= 0.3 is 0 Å². The summed E-state index contributed by atoms with van der Waals surface area (Å²) < 4.78 is 0. The highest BCUT2D eigenvalue weighted by atomic mass is 35.5. The van der Waals surface area contributed by atoms with E-state index < -0.39 is 0 Å². The Hall–Kier alpha value is -0.120. The second-order valence-corrected chi connectivity index (χ2v) is 5.86.